The summed E-state index contributed by atoms with van der Waals surface area (Å²) in [6.07, 6.45) is 0.951. The zero-order valence-electron chi connectivity index (χ0n) is 14.1. The van der Waals surface area contributed by atoms with Crippen LogP contribution in [0.1, 0.15) is 22.2 Å². The van der Waals surface area contributed by atoms with Gasteiger partial charge in [-0.2, -0.15) is 0 Å². The molecule has 0 unspecified atom stereocenters. The van der Waals surface area contributed by atoms with Crippen molar-refractivity contribution in [2.45, 2.75) is 26.8 Å². The summed E-state index contributed by atoms with van der Waals surface area (Å²) in [6.45, 7) is 6.63. The molecule has 124 valence electrons. The largest absolute Gasteiger partial charge is 0.497 e. The quantitative estimate of drug-likeness (QED) is 0.604. The zero-order chi connectivity index (χ0) is 16.5. The van der Waals surface area contributed by atoms with Crippen molar-refractivity contribution in [2.24, 2.45) is 4.99 Å². The van der Waals surface area contributed by atoms with Gasteiger partial charge in [-0.1, -0.05) is 12.1 Å². The van der Waals surface area contributed by atoms with Gasteiger partial charge in [0.2, 0.25) is 0 Å². The Kier molecular flexibility index (Phi) is 6.94. The number of aliphatic imine (C=N–C) groups is 1. The van der Waals surface area contributed by atoms with Crippen LogP contribution in [0.3, 0.4) is 0 Å². The Hall–Kier alpha value is -2.01. The van der Waals surface area contributed by atoms with Crippen molar-refractivity contribution in [1.29, 1.82) is 0 Å². The minimum Gasteiger partial charge on any atom is -0.497 e. The van der Waals surface area contributed by atoms with Crippen molar-refractivity contribution in [3.8, 4) is 5.75 Å². The van der Waals surface area contributed by atoms with Gasteiger partial charge in [0.25, 0.3) is 0 Å². The highest BCUT2D eigenvalue weighted by atomic mass is 32.1. The number of aryl methyl sites for hydroxylation is 1. The second kappa shape index (κ2) is 9.20. The Morgan fingerprint density at radius 1 is 1.13 bits per heavy atom. The first-order chi connectivity index (χ1) is 11.2. The van der Waals surface area contributed by atoms with Gasteiger partial charge in [-0.15, -0.1) is 11.3 Å². The lowest BCUT2D eigenvalue weighted by Crippen LogP contribution is -2.38. The highest BCUT2D eigenvalue weighted by Gasteiger charge is 2.00. The van der Waals surface area contributed by atoms with Gasteiger partial charge in [0.1, 0.15) is 5.75 Å². The molecule has 23 heavy (non-hydrogen) atoms. The Morgan fingerprint density at radius 3 is 2.52 bits per heavy atom. The van der Waals surface area contributed by atoms with Gasteiger partial charge in [0.05, 0.1) is 13.7 Å². The number of hydrogen-bond donors (Lipinski definition) is 2. The summed E-state index contributed by atoms with van der Waals surface area (Å²) < 4.78 is 5.18. The molecule has 0 saturated carbocycles. The number of ether oxygens (including phenoxy) is 1. The fourth-order valence-corrected chi connectivity index (χ4v) is 3.00. The van der Waals surface area contributed by atoms with Gasteiger partial charge in [0, 0.05) is 22.8 Å². The van der Waals surface area contributed by atoms with E-state index in [1.807, 2.05) is 12.1 Å². The van der Waals surface area contributed by atoms with E-state index in [2.05, 4.69) is 53.7 Å². The van der Waals surface area contributed by atoms with Crippen molar-refractivity contribution in [3.05, 3.63) is 51.7 Å². The summed E-state index contributed by atoms with van der Waals surface area (Å²) in [4.78, 5) is 7.25. The molecule has 1 heterocycles. The van der Waals surface area contributed by atoms with E-state index in [9.17, 15) is 0 Å². The van der Waals surface area contributed by atoms with Crippen molar-refractivity contribution in [2.75, 3.05) is 20.2 Å². The standard InChI is InChI=1S/C18H25N3OS/c1-4-19-18(21-13-17-10-5-14(2)23-17)20-12-11-15-6-8-16(22-3)9-7-15/h5-10H,4,11-13H2,1-3H3,(H2,19,20,21). The van der Waals surface area contributed by atoms with Crippen molar-refractivity contribution in [3.63, 3.8) is 0 Å². The van der Waals surface area contributed by atoms with Crippen LogP contribution >= 0.6 is 11.3 Å². The monoisotopic (exact) mass is 331 g/mol. The van der Waals surface area contributed by atoms with E-state index in [0.29, 0.717) is 0 Å². The Balaban J connectivity index is 1.83. The van der Waals surface area contributed by atoms with Crippen LogP contribution in [0.25, 0.3) is 0 Å². The molecule has 1 aromatic carbocycles. The smallest absolute Gasteiger partial charge is 0.191 e. The van der Waals surface area contributed by atoms with Crippen molar-refractivity contribution in [1.82, 2.24) is 10.6 Å². The molecule has 0 bridgehead atoms. The average Bonchev–Trinajstić information content (AvgIpc) is 2.99. The van der Waals surface area contributed by atoms with Crippen LogP contribution in [0, 0.1) is 6.92 Å². The van der Waals surface area contributed by atoms with E-state index in [0.717, 1.165) is 37.8 Å². The highest BCUT2D eigenvalue weighted by molar-refractivity contribution is 7.11. The Morgan fingerprint density at radius 2 is 1.91 bits per heavy atom. The van der Waals surface area contributed by atoms with Gasteiger partial charge in [0.15, 0.2) is 5.96 Å². The topological polar surface area (TPSA) is 45.7 Å². The minimum atomic E-state index is 0.719. The maximum atomic E-state index is 5.18. The summed E-state index contributed by atoms with van der Waals surface area (Å²) in [5.41, 5.74) is 1.28. The van der Waals surface area contributed by atoms with E-state index < -0.39 is 0 Å². The van der Waals surface area contributed by atoms with Crippen LogP contribution in [0.4, 0.5) is 0 Å². The van der Waals surface area contributed by atoms with E-state index >= 15 is 0 Å². The minimum absolute atomic E-state index is 0.719. The average molecular weight is 331 g/mol. The molecule has 0 radical (unpaired) electrons. The lowest BCUT2D eigenvalue weighted by atomic mass is 10.1. The second-order valence-corrected chi connectivity index (χ2v) is 6.60. The van der Waals surface area contributed by atoms with Crippen LogP contribution in [-0.2, 0) is 13.0 Å². The number of nitrogens with zero attached hydrogens (tertiary/aromatic N) is 1. The van der Waals surface area contributed by atoms with E-state index in [4.69, 9.17) is 4.74 Å². The van der Waals surface area contributed by atoms with Gasteiger partial charge in [-0.05, 0) is 50.1 Å². The third-order valence-corrected chi connectivity index (χ3v) is 4.38. The molecule has 0 aliphatic carbocycles. The van der Waals surface area contributed by atoms with E-state index in [1.165, 1.54) is 15.3 Å². The SMILES string of the molecule is CCNC(=NCc1ccc(C)s1)NCCc1ccc(OC)cc1. The molecule has 5 heteroatoms. The first-order valence-corrected chi connectivity index (χ1v) is 8.73. The molecule has 0 atom stereocenters. The lowest BCUT2D eigenvalue weighted by Gasteiger charge is -2.11. The molecule has 2 rings (SSSR count). The maximum absolute atomic E-state index is 5.18. The maximum Gasteiger partial charge on any atom is 0.191 e. The number of nitrogens with one attached hydrogen (secondary N) is 2. The third-order valence-electron chi connectivity index (χ3n) is 3.40. The van der Waals surface area contributed by atoms with Crippen LogP contribution < -0.4 is 15.4 Å². The first kappa shape index (κ1) is 17.3. The summed E-state index contributed by atoms with van der Waals surface area (Å²) >= 11 is 1.80. The first-order valence-electron chi connectivity index (χ1n) is 7.91. The normalized spacial score (nSPS) is 11.3. The van der Waals surface area contributed by atoms with Crippen molar-refractivity contribution < 1.29 is 4.74 Å². The number of rotatable bonds is 7. The zero-order valence-corrected chi connectivity index (χ0v) is 14.9. The predicted molar refractivity (Wildman–Crippen MR) is 98.6 cm³/mol. The third kappa shape index (κ3) is 5.94. The van der Waals surface area contributed by atoms with E-state index in [1.54, 1.807) is 18.4 Å². The van der Waals surface area contributed by atoms with Gasteiger partial charge in [-0.25, -0.2) is 4.99 Å². The molecule has 2 aromatic rings. The summed E-state index contributed by atoms with van der Waals surface area (Å²) in [5.74, 6) is 1.76. The number of hydrogen-bond acceptors (Lipinski definition) is 3. The molecule has 0 aliphatic rings. The molecular formula is C18H25N3OS. The Bertz CT molecular complexity index is 619. The van der Waals surface area contributed by atoms with Crippen LogP contribution in [0.2, 0.25) is 0 Å². The summed E-state index contributed by atoms with van der Waals surface area (Å²) in [7, 11) is 1.69. The molecule has 0 saturated heterocycles. The number of benzene rings is 1. The Labute approximate surface area is 142 Å². The number of thiophene rings is 1. The highest BCUT2D eigenvalue weighted by Crippen LogP contribution is 2.15. The van der Waals surface area contributed by atoms with Crippen LogP contribution in [0.5, 0.6) is 5.75 Å². The van der Waals surface area contributed by atoms with Gasteiger partial charge >= 0.3 is 0 Å². The molecule has 0 spiro atoms. The van der Waals surface area contributed by atoms with Crippen molar-refractivity contribution >= 4 is 17.3 Å². The van der Waals surface area contributed by atoms with Gasteiger partial charge < -0.3 is 15.4 Å². The molecule has 0 amide bonds. The molecule has 4 nitrogen and oxygen atoms in total. The molecule has 0 fully saturated rings. The predicted octanol–water partition coefficient (Wildman–Crippen LogP) is 3.36. The van der Waals surface area contributed by atoms with E-state index in [-0.39, 0.29) is 0 Å². The van der Waals surface area contributed by atoms with Crippen LogP contribution in [-0.4, -0.2) is 26.2 Å². The van der Waals surface area contributed by atoms with Crippen LogP contribution in [0.15, 0.2) is 41.4 Å². The molecule has 1 aromatic heterocycles. The summed E-state index contributed by atoms with van der Waals surface area (Å²) in [5, 5.41) is 6.67. The molecule has 0 aliphatic heterocycles. The number of methoxy groups -OCH3 is 1. The summed E-state index contributed by atoms with van der Waals surface area (Å²) in [6, 6.07) is 12.5. The van der Waals surface area contributed by atoms with Gasteiger partial charge in [-0.3, -0.25) is 0 Å². The number of guanidine groups is 1. The fraction of sp³-hybridized carbons (Fsp3) is 0.389. The molecule has 2 N–H and O–H groups in total. The fourth-order valence-electron chi connectivity index (χ4n) is 2.19. The second-order valence-electron chi connectivity index (χ2n) is 5.23. The lowest BCUT2D eigenvalue weighted by molar-refractivity contribution is 0.414. The molecular weight excluding hydrogens is 306 g/mol.